The molecule has 0 N–H and O–H groups in total. The lowest BCUT2D eigenvalue weighted by molar-refractivity contribution is 0.709. The number of rotatable bonds is 4. The molecule has 0 fully saturated rings. The lowest BCUT2D eigenvalue weighted by Crippen LogP contribution is -2.32. The van der Waals surface area contributed by atoms with Gasteiger partial charge in [-0.1, -0.05) is 6.08 Å². The van der Waals surface area contributed by atoms with Crippen LogP contribution in [0.4, 0.5) is 5.82 Å². The molecule has 0 saturated heterocycles. The van der Waals surface area contributed by atoms with E-state index in [1.165, 1.54) is 0 Å². The lowest BCUT2D eigenvalue weighted by Gasteiger charge is -2.28. The summed E-state index contributed by atoms with van der Waals surface area (Å²) in [5.74, 6) is 0.764. The molecular weight excluding hydrogens is 210 g/mol. The number of nitriles is 1. The van der Waals surface area contributed by atoms with E-state index in [2.05, 4.69) is 36.4 Å². The zero-order valence-corrected chi connectivity index (χ0v) is 11.0. The average molecular weight is 229 g/mol. The molecule has 3 nitrogen and oxygen atoms in total. The number of nitrogens with zero attached hydrogens (tertiary/aromatic N) is 3. The van der Waals surface area contributed by atoms with Crippen LogP contribution in [0.2, 0.25) is 0 Å². The van der Waals surface area contributed by atoms with Crippen molar-refractivity contribution in [3.05, 3.63) is 35.5 Å². The maximum atomic E-state index is 9.25. The van der Waals surface area contributed by atoms with Gasteiger partial charge >= 0.3 is 0 Å². The molecule has 0 aromatic carbocycles. The molecule has 0 atom stereocenters. The third-order valence-corrected chi connectivity index (χ3v) is 2.66. The van der Waals surface area contributed by atoms with Crippen LogP contribution in [0.15, 0.2) is 18.7 Å². The van der Waals surface area contributed by atoms with Gasteiger partial charge in [-0.3, -0.25) is 0 Å². The first-order chi connectivity index (χ1) is 8.01. The Morgan fingerprint density at radius 3 is 2.65 bits per heavy atom. The Labute approximate surface area is 103 Å². The average Bonchev–Trinajstić information content (AvgIpc) is 2.24. The number of aryl methyl sites for hydroxylation is 2. The Kier molecular flexibility index (Phi) is 4.28. The summed E-state index contributed by atoms with van der Waals surface area (Å²) in [5, 5.41) is 9.25. The van der Waals surface area contributed by atoms with Gasteiger partial charge in [0.1, 0.15) is 11.9 Å². The Balaban J connectivity index is 3.36. The van der Waals surface area contributed by atoms with Gasteiger partial charge in [0.05, 0.1) is 5.56 Å². The van der Waals surface area contributed by atoms with Crippen molar-refractivity contribution in [1.82, 2.24) is 4.98 Å². The van der Waals surface area contributed by atoms with E-state index in [4.69, 9.17) is 0 Å². The molecule has 0 aliphatic heterocycles. The van der Waals surface area contributed by atoms with Crippen LogP contribution in [0.5, 0.6) is 0 Å². The van der Waals surface area contributed by atoms with Crippen LogP contribution in [0.1, 0.15) is 30.7 Å². The van der Waals surface area contributed by atoms with Gasteiger partial charge in [-0.25, -0.2) is 4.98 Å². The molecule has 0 amide bonds. The van der Waals surface area contributed by atoms with Crippen LogP contribution in [-0.2, 0) is 0 Å². The summed E-state index contributed by atoms with van der Waals surface area (Å²) in [6.45, 7) is 12.5. The lowest BCUT2D eigenvalue weighted by atomic mass is 10.1. The molecule has 0 bridgehead atoms. The largest absolute Gasteiger partial charge is 0.349 e. The van der Waals surface area contributed by atoms with Crippen molar-refractivity contribution in [1.29, 1.82) is 5.26 Å². The van der Waals surface area contributed by atoms with E-state index >= 15 is 0 Å². The van der Waals surface area contributed by atoms with Crippen molar-refractivity contribution in [2.45, 2.75) is 33.7 Å². The highest BCUT2D eigenvalue weighted by atomic mass is 15.2. The normalized spacial score (nSPS) is 10.1. The number of hydrogen-bond acceptors (Lipinski definition) is 3. The van der Waals surface area contributed by atoms with E-state index < -0.39 is 0 Å². The van der Waals surface area contributed by atoms with E-state index in [1.54, 1.807) is 0 Å². The first-order valence-electron chi connectivity index (χ1n) is 5.77. The fourth-order valence-corrected chi connectivity index (χ4v) is 1.84. The summed E-state index contributed by atoms with van der Waals surface area (Å²) in [7, 11) is 0. The van der Waals surface area contributed by atoms with Gasteiger partial charge in [0.15, 0.2) is 0 Å². The third-order valence-electron chi connectivity index (χ3n) is 2.66. The number of pyridine rings is 1. The smallest absolute Gasteiger partial charge is 0.147 e. The molecule has 90 valence electrons. The standard InChI is InChI=1S/C14H19N3/c1-6-7-17(10(2)3)14-13(9-15)11(4)8-12(5)16-14/h6,8,10H,1,7H2,2-5H3. The molecule has 0 spiro atoms. The molecule has 0 unspecified atom stereocenters. The third kappa shape index (κ3) is 2.85. The molecule has 0 aliphatic rings. The summed E-state index contributed by atoms with van der Waals surface area (Å²) in [6.07, 6.45) is 1.83. The molecule has 1 aromatic rings. The maximum absolute atomic E-state index is 9.25. The van der Waals surface area contributed by atoms with E-state index in [0.717, 1.165) is 17.1 Å². The highest BCUT2D eigenvalue weighted by Crippen LogP contribution is 2.23. The van der Waals surface area contributed by atoms with E-state index in [1.807, 2.05) is 26.0 Å². The molecule has 1 heterocycles. The van der Waals surface area contributed by atoms with Crippen LogP contribution in [0.25, 0.3) is 0 Å². The summed E-state index contributed by atoms with van der Waals surface area (Å²) in [6, 6.07) is 4.47. The van der Waals surface area contributed by atoms with Gasteiger partial charge in [-0.2, -0.15) is 5.26 Å². The van der Waals surface area contributed by atoms with E-state index in [9.17, 15) is 5.26 Å². The molecule has 0 saturated carbocycles. The van der Waals surface area contributed by atoms with Crippen molar-refractivity contribution in [3.8, 4) is 6.07 Å². The van der Waals surface area contributed by atoms with Crippen LogP contribution < -0.4 is 4.90 Å². The molecular formula is C14H19N3. The van der Waals surface area contributed by atoms with Crippen molar-refractivity contribution < 1.29 is 0 Å². The highest BCUT2D eigenvalue weighted by molar-refractivity contribution is 5.58. The quantitative estimate of drug-likeness (QED) is 0.745. The second kappa shape index (κ2) is 5.49. The SMILES string of the molecule is C=CCN(c1nc(C)cc(C)c1C#N)C(C)C. The van der Waals surface area contributed by atoms with Gasteiger partial charge in [0, 0.05) is 18.3 Å². The zero-order chi connectivity index (χ0) is 13.0. The van der Waals surface area contributed by atoms with Crippen molar-refractivity contribution >= 4 is 5.82 Å². The molecule has 1 rings (SSSR count). The van der Waals surface area contributed by atoms with E-state index in [-0.39, 0.29) is 6.04 Å². The summed E-state index contributed by atoms with van der Waals surface area (Å²) < 4.78 is 0. The predicted molar refractivity (Wildman–Crippen MR) is 71.1 cm³/mol. The topological polar surface area (TPSA) is 39.9 Å². The second-order valence-corrected chi connectivity index (χ2v) is 4.43. The van der Waals surface area contributed by atoms with Gasteiger partial charge in [0.25, 0.3) is 0 Å². The Morgan fingerprint density at radius 2 is 2.18 bits per heavy atom. The fraction of sp³-hybridized carbons (Fsp3) is 0.429. The van der Waals surface area contributed by atoms with E-state index in [0.29, 0.717) is 12.1 Å². The fourth-order valence-electron chi connectivity index (χ4n) is 1.84. The second-order valence-electron chi connectivity index (χ2n) is 4.43. The van der Waals surface area contributed by atoms with Gasteiger partial charge in [-0.15, -0.1) is 6.58 Å². The molecule has 1 aromatic heterocycles. The van der Waals surface area contributed by atoms with Crippen molar-refractivity contribution in [2.24, 2.45) is 0 Å². The number of aromatic nitrogens is 1. The highest BCUT2D eigenvalue weighted by Gasteiger charge is 2.17. The Bertz CT molecular complexity index is 455. The van der Waals surface area contributed by atoms with Crippen LogP contribution in [-0.4, -0.2) is 17.6 Å². The first-order valence-corrected chi connectivity index (χ1v) is 5.77. The van der Waals surface area contributed by atoms with Crippen molar-refractivity contribution in [3.63, 3.8) is 0 Å². The Morgan fingerprint density at radius 1 is 1.53 bits per heavy atom. The zero-order valence-electron chi connectivity index (χ0n) is 11.0. The van der Waals surface area contributed by atoms with Crippen LogP contribution in [0.3, 0.4) is 0 Å². The van der Waals surface area contributed by atoms with Crippen molar-refractivity contribution in [2.75, 3.05) is 11.4 Å². The monoisotopic (exact) mass is 229 g/mol. The summed E-state index contributed by atoms with van der Waals surface area (Å²) in [5.41, 5.74) is 2.57. The predicted octanol–water partition coefficient (Wildman–Crippen LogP) is 2.97. The molecule has 0 radical (unpaired) electrons. The van der Waals surface area contributed by atoms with Gasteiger partial charge < -0.3 is 4.90 Å². The first kappa shape index (κ1) is 13.2. The summed E-state index contributed by atoms with van der Waals surface area (Å²) in [4.78, 5) is 6.59. The summed E-state index contributed by atoms with van der Waals surface area (Å²) >= 11 is 0. The Hall–Kier alpha value is -1.82. The molecule has 17 heavy (non-hydrogen) atoms. The van der Waals surface area contributed by atoms with Gasteiger partial charge in [-0.05, 0) is 39.3 Å². The van der Waals surface area contributed by atoms with Crippen LogP contribution >= 0.6 is 0 Å². The minimum Gasteiger partial charge on any atom is -0.349 e. The van der Waals surface area contributed by atoms with Crippen LogP contribution in [0, 0.1) is 25.2 Å². The minimum absolute atomic E-state index is 0.286. The number of anilines is 1. The maximum Gasteiger partial charge on any atom is 0.147 e. The molecule has 3 heteroatoms. The minimum atomic E-state index is 0.286. The number of hydrogen-bond donors (Lipinski definition) is 0. The molecule has 0 aliphatic carbocycles. The van der Waals surface area contributed by atoms with Gasteiger partial charge in [0.2, 0.25) is 0 Å².